The lowest BCUT2D eigenvalue weighted by molar-refractivity contribution is -0.130. The van der Waals surface area contributed by atoms with Crippen LogP contribution < -0.4 is 9.62 Å². The summed E-state index contributed by atoms with van der Waals surface area (Å²) in [6.07, 6.45) is -0.336. The fraction of sp³-hybridized carbons (Fsp3) is 0.529. The molecule has 138 valence electrons. The number of hydrogen-bond acceptors (Lipinski definition) is 5. The number of anilines is 1. The molecule has 1 fully saturated rings. The van der Waals surface area contributed by atoms with Crippen LogP contribution in [-0.4, -0.2) is 44.2 Å². The molecule has 1 heterocycles. The molecule has 1 atom stereocenters. The number of carbonyl (C=O) groups is 2. The van der Waals surface area contributed by atoms with E-state index in [4.69, 9.17) is 4.74 Å². The van der Waals surface area contributed by atoms with Crippen molar-refractivity contribution < 1.29 is 22.7 Å². The molecule has 1 amide bonds. The topological polar surface area (TPSA) is 92.8 Å². The van der Waals surface area contributed by atoms with Crippen LogP contribution >= 0.6 is 0 Å². The van der Waals surface area contributed by atoms with Crippen molar-refractivity contribution in [3.63, 3.8) is 0 Å². The highest BCUT2D eigenvalue weighted by Gasteiger charge is 2.28. The van der Waals surface area contributed by atoms with E-state index in [2.05, 4.69) is 5.32 Å². The van der Waals surface area contributed by atoms with Gasteiger partial charge in [0.2, 0.25) is 10.0 Å². The van der Waals surface area contributed by atoms with E-state index in [1.807, 2.05) is 20.8 Å². The molecule has 1 saturated heterocycles. The van der Waals surface area contributed by atoms with Crippen molar-refractivity contribution in [3.05, 3.63) is 29.8 Å². The second-order valence-electron chi connectivity index (χ2n) is 7.08. The summed E-state index contributed by atoms with van der Waals surface area (Å²) in [4.78, 5) is 24.1. The predicted molar refractivity (Wildman–Crippen MR) is 95.0 cm³/mol. The van der Waals surface area contributed by atoms with Gasteiger partial charge in [-0.1, -0.05) is 0 Å². The monoisotopic (exact) mass is 368 g/mol. The Labute approximate surface area is 148 Å². The van der Waals surface area contributed by atoms with Gasteiger partial charge in [-0.15, -0.1) is 0 Å². The van der Waals surface area contributed by atoms with Gasteiger partial charge in [-0.2, -0.15) is 0 Å². The predicted octanol–water partition coefficient (Wildman–Crippen LogP) is 1.69. The van der Waals surface area contributed by atoms with Crippen LogP contribution in [0.15, 0.2) is 24.3 Å². The Morgan fingerprint density at radius 2 is 1.80 bits per heavy atom. The van der Waals surface area contributed by atoms with Gasteiger partial charge in [-0.25, -0.2) is 13.2 Å². The summed E-state index contributed by atoms with van der Waals surface area (Å²) < 4.78 is 30.3. The van der Waals surface area contributed by atoms with E-state index in [1.165, 1.54) is 23.4 Å². The molecule has 1 N–H and O–H groups in total. The molecule has 1 unspecified atom stereocenters. The first-order valence-electron chi connectivity index (χ1n) is 8.13. The van der Waals surface area contributed by atoms with Crippen molar-refractivity contribution in [3.8, 4) is 0 Å². The number of rotatable bonds is 4. The Bertz CT molecular complexity index is 750. The van der Waals surface area contributed by atoms with Gasteiger partial charge >= 0.3 is 5.97 Å². The zero-order valence-corrected chi connectivity index (χ0v) is 15.7. The lowest BCUT2D eigenvalue weighted by Crippen LogP contribution is -2.46. The van der Waals surface area contributed by atoms with Crippen molar-refractivity contribution in [2.24, 2.45) is 0 Å². The molecule has 0 spiro atoms. The molecule has 1 aliphatic rings. The number of ether oxygens (including phenoxy) is 1. The van der Waals surface area contributed by atoms with Crippen LogP contribution in [0.2, 0.25) is 0 Å². The molecule has 1 aliphatic heterocycles. The normalized spacial score (nSPS) is 17.8. The molecule has 0 saturated carbocycles. The molecule has 0 aliphatic carbocycles. The molecular formula is C17H24N2O5S. The van der Waals surface area contributed by atoms with Crippen molar-refractivity contribution in [2.45, 2.75) is 45.8 Å². The molecule has 25 heavy (non-hydrogen) atoms. The Morgan fingerprint density at radius 1 is 1.20 bits per heavy atom. The zero-order chi connectivity index (χ0) is 18.8. The minimum absolute atomic E-state index is 0.136. The standard InChI is InChI=1S/C17H24N2O5S/c1-12(15(20)18-17(2,3)4)24-16(21)13-6-8-14(9-7-13)19-10-5-11-25(19,22)23/h6-9,12H,5,10-11H2,1-4H3,(H,18,20). The van der Waals surface area contributed by atoms with Crippen LogP contribution in [0, 0.1) is 0 Å². The van der Waals surface area contributed by atoms with Gasteiger partial charge < -0.3 is 10.1 Å². The Balaban J connectivity index is 2.02. The number of sulfonamides is 1. The molecule has 1 aromatic carbocycles. The van der Waals surface area contributed by atoms with Crippen LogP contribution in [0.1, 0.15) is 44.5 Å². The van der Waals surface area contributed by atoms with E-state index >= 15 is 0 Å². The number of carbonyl (C=O) groups excluding carboxylic acids is 2. The summed E-state index contributed by atoms with van der Waals surface area (Å²) in [5.41, 5.74) is 0.365. The number of benzene rings is 1. The number of amides is 1. The SMILES string of the molecule is CC(OC(=O)c1ccc(N2CCCS2(=O)=O)cc1)C(=O)NC(C)(C)C. The first-order valence-corrected chi connectivity index (χ1v) is 9.74. The highest BCUT2D eigenvalue weighted by Crippen LogP contribution is 2.24. The van der Waals surface area contributed by atoms with Crippen molar-refractivity contribution in [2.75, 3.05) is 16.6 Å². The lowest BCUT2D eigenvalue weighted by Gasteiger charge is -2.23. The van der Waals surface area contributed by atoms with Gasteiger partial charge in [0.25, 0.3) is 5.91 Å². The van der Waals surface area contributed by atoms with Gasteiger partial charge in [0.15, 0.2) is 6.10 Å². The van der Waals surface area contributed by atoms with Gasteiger partial charge in [-0.05, 0) is 58.4 Å². The minimum Gasteiger partial charge on any atom is -0.449 e. The number of nitrogens with one attached hydrogen (secondary N) is 1. The van der Waals surface area contributed by atoms with Gasteiger partial charge in [0, 0.05) is 12.1 Å². The van der Waals surface area contributed by atoms with Crippen molar-refractivity contribution >= 4 is 27.6 Å². The lowest BCUT2D eigenvalue weighted by atomic mass is 10.1. The maximum absolute atomic E-state index is 12.2. The molecule has 8 heteroatoms. The maximum Gasteiger partial charge on any atom is 0.338 e. The van der Waals surface area contributed by atoms with E-state index in [0.717, 1.165) is 0 Å². The summed E-state index contributed by atoms with van der Waals surface area (Å²) in [7, 11) is -3.26. The third-order valence-corrected chi connectivity index (χ3v) is 5.51. The number of hydrogen-bond donors (Lipinski definition) is 1. The van der Waals surface area contributed by atoms with Gasteiger partial charge in [0.05, 0.1) is 17.0 Å². The second-order valence-corrected chi connectivity index (χ2v) is 9.09. The smallest absolute Gasteiger partial charge is 0.338 e. The van der Waals surface area contributed by atoms with E-state index in [-0.39, 0.29) is 17.2 Å². The summed E-state index contributed by atoms with van der Waals surface area (Å²) in [6, 6.07) is 6.14. The maximum atomic E-state index is 12.2. The fourth-order valence-electron chi connectivity index (χ4n) is 2.45. The van der Waals surface area contributed by atoms with Crippen molar-refractivity contribution in [1.82, 2.24) is 5.32 Å². The quantitative estimate of drug-likeness (QED) is 0.817. The first-order chi connectivity index (χ1) is 11.5. The van der Waals surface area contributed by atoms with Gasteiger partial charge in [-0.3, -0.25) is 9.10 Å². The van der Waals surface area contributed by atoms with Crippen LogP contribution in [-0.2, 0) is 19.6 Å². The Morgan fingerprint density at radius 3 is 2.28 bits per heavy atom. The zero-order valence-electron chi connectivity index (χ0n) is 14.9. The summed E-state index contributed by atoms with van der Waals surface area (Å²) >= 11 is 0. The van der Waals surface area contributed by atoms with Crippen LogP contribution in [0.3, 0.4) is 0 Å². The average molecular weight is 368 g/mol. The molecule has 0 bridgehead atoms. The Hall–Kier alpha value is -2.09. The third-order valence-electron chi connectivity index (χ3n) is 3.64. The van der Waals surface area contributed by atoms with E-state index in [9.17, 15) is 18.0 Å². The van der Waals surface area contributed by atoms with Crippen LogP contribution in [0.25, 0.3) is 0 Å². The van der Waals surface area contributed by atoms with E-state index in [0.29, 0.717) is 18.7 Å². The van der Waals surface area contributed by atoms with E-state index in [1.54, 1.807) is 12.1 Å². The molecule has 2 rings (SSSR count). The number of nitrogens with zero attached hydrogens (tertiary/aromatic N) is 1. The summed E-state index contributed by atoms with van der Waals surface area (Å²) in [6.45, 7) is 7.46. The second kappa shape index (κ2) is 7.03. The highest BCUT2D eigenvalue weighted by atomic mass is 32.2. The fourth-order valence-corrected chi connectivity index (χ4v) is 4.01. The van der Waals surface area contributed by atoms with E-state index < -0.39 is 27.6 Å². The minimum atomic E-state index is -3.26. The largest absolute Gasteiger partial charge is 0.449 e. The van der Waals surface area contributed by atoms with Crippen LogP contribution in [0.4, 0.5) is 5.69 Å². The van der Waals surface area contributed by atoms with Crippen molar-refractivity contribution in [1.29, 1.82) is 0 Å². The molecular weight excluding hydrogens is 344 g/mol. The molecule has 7 nitrogen and oxygen atoms in total. The average Bonchev–Trinajstić information content (AvgIpc) is 2.85. The summed E-state index contributed by atoms with van der Waals surface area (Å²) in [5.74, 6) is -0.870. The van der Waals surface area contributed by atoms with Crippen LogP contribution in [0.5, 0.6) is 0 Å². The molecule has 1 aromatic rings. The Kier molecular flexibility index (Phi) is 5.41. The molecule has 0 aromatic heterocycles. The summed E-state index contributed by atoms with van der Waals surface area (Å²) in [5, 5.41) is 2.74. The molecule has 0 radical (unpaired) electrons. The first kappa shape index (κ1) is 19.2. The third kappa shape index (κ3) is 4.94. The van der Waals surface area contributed by atoms with Gasteiger partial charge in [0.1, 0.15) is 0 Å². The number of esters is 1. The highest BCUT2D eigenvalue weighted by molar-refractivity contribution is 7.93.